The highest BCUT2D eigenvalue weighted by molar-refractivity contribution is 5.80. The largest absolute Gasteiger partial charge is 0.478 e. The molecule has 2 heterocycles. The molecule has 1 aromatic rings. The average Bonchev–Trinajstić information content (AvgIpc) is 3.01. The Hall–Kier alpha value is -1.78. The maximum absolute atomic E-state index is 5.60. The van der Waals surface area contributed by atoms with Crippen molar-refractivity contribution in [3.8, 4) is 5.88 Å². The number of likely N-dealkylation sites (tertiary alicyclic amines) is 1. The fourth-order valence-electron chi connectivity index (χ4n) is 3.91. The number of guanidine groups is 1. The Morgan fingerprint density at radius 2 is 2.09 bits per heavy atom. The van der Waals surface area contributed by atoms with Gasteiger partial charge in [-0.2, -0.15) is 0 Å². The van der Waals surface area contributed by atoms with Crippen LogP contribution in [-0.2, 0) is 6.54 Å². The minimum absolute atomic E-state index is 0.633. The van der Waals surface area contributed by atoms with E-state index < -0.39 is 0 Å². The minimum Gasteiger partial charge on any atom is -0.478 e. The normalized spacial score (nSPS) is 24.4. The Morgan fingerprint density at radius 3 is 2.74 bits per heavy atom. The summed E-state index contributed by atoms with van der Waals surface area (Å²) in [7, 11) is 1.87. The second-order valence-electron chi connectivity index (χ2n) is 6.51. The topological polar surface area (TPSA) is 49.8 Å². The summed E-state index contributed by atoms with van der Waals surface area (Å²) in [5, 5.41) is 3.49. The highest BCUT2D eigenvalue weighted by Gasteiger charge is 2.35. The molecule has 1 N–H and O–H groups in total. The monoisotopic (exact) mass is 316 g/mol. The summed E-state index contributed by atoms with van der Waals surface area (Å²) in [5.74, 6) is 3.44. The molecule has 2 unspecified atom stereocenters. The SMILES string of the molecule is CCOc1ncccc1CNC(=NC)N1CC2CCCCC2C1. The van der Waals surface area contributed by atoms with E-state index in [1.165, 1.54) is 25.7 Å². The van der Waals surface area contributed by atoms with Crippen LogP contribution in [0.1, 0.15) is 38.2 Å². The van der Waals surface area contributed by atoms with Gasteiger partial charge in [-0.1, -0.05) is 18.9 Å². The fourth-order valence-corrected chi connectivity index (χ4v) is 3.91. The van der Waals surface area contributed by atoms with Gasteiger partial charge in [-0.25, -0.2) is 4.98 Å². The van der Waals surface area contributed by atoms with Gasteiger partial charge in [0, 0.05) is 38.4 Å². The third-order valence-electron chi connectivity index (χ3n) is 5.06. The number of hydrogen-bond acceptors (Lipinski definition) is 3. The van der Waals surface area contributed by atoms with Crippen molar-refractivity contribution < 1.29 is 4.74 Å². The summed E-state index contributed by atoms with van der Waals surface area (Å²) < 4.78 is 5.60. The van der Waals surface area contributed by atoms with Gasteiger partial charge in [-0.05, 0) is 37.7 Å². The Bertz CT molecular complexity index is 532. The Labute approximate surface area is 139 Å². The maximum Gasteiger partial charge on any atom is 0.218 e. The molecule has 1 saturated heterocycles. The summed E-state index contributed by atoms with van der Waals surface area (Å²) in [6, 6.07) is 4.01. The quantitative estimate of drug-likeness (QED) is 0.685. The van der Waals surface area contributed by atoms with Crippen LogP contribution < -0.4 is 10.1 Å². The zero-order valence-electron chi connectivity index (χ0n) is 14.3. The highest BCUT2D eigenvalue weighted by Crippen LogP contribution is 2.35. The molecule has 2 fully saturated rings. The molecule has 1 saturated carbocycles. The lowest BCUT2D eigenvalue weighted by molar-refractivity contribution is 0.299. The summed E-state index contributed by atoms with van der Waals surface area (Å²) >= 11 is 0. The molecule has 0 radical (unpaired) electrons. The first-order valence-electron chi connectivity index (χ1n) is 8.84. The van der Waals surface area contributed by atoms with Crippen LogP contribution >= 0.6 is 0 Å². The molecule has 1 aromatic heterocycles. The molecule has 0 amide bonds. The van der Waals surface area contributed by atoms with Crippen molar-refractivity contribution in [2.45, 2.75) is 39.2 Å². The summed E-state index contributed by atoms with van der Waals surface area (Å²) in [6.07, 6.45) is 7.34. The molecule has 2 atom stereocenters. The number of nitrogens with one attached hydrogen (secondary N) is 1. The molecule has 5 nitrogen and oxygen atoms in total. The van der Waals surface area contributed by atoms with E-state index in [0.717, 1.165) is 36.4 Å². The number of nitrogens with zero attached hydrogens (tertiary/aromatic N) is 3. The number of rotatable bonds is 4. The Balaban J connectivity index is 1.60. The summed E-state index contributed by atoms with van der Waals surface area (Å²) in [6.45, 7) is 5.61. The van der Waals surface area contributed by atoms with Crippen molar-refractivity contribution in [3.63, 3.8) is 0 Å². The van der Waals surface area contributed by atoms with Crippen molar-refractivity contribution in [1.82, 2.24) is 15.2 Å². The van der Waals surface area contributed by atoms with Crippen molar-refractivity contribution in [2.24, 2.45) is 16.8 Å². The first kappa shape index (κ1) is 16.1. The van der Waals surface area contributed by atoms with Gasteiger partial charge in [0.2, 0.25) is 5.88 Å². The number of ether oxygens (including phenoxy) is 1. The van der Waals surface area contributed by atoms with Crippen molar-refractivity contribution in [2.75, 3.05) is 26.7 Å². The van der Waals surface area contributed by atoms with Gasteiger partial charge in [0.1, 0.15) is 0 Å². The highest BCUT2D eigenvalue weighted by atomic mass is 16.5. The van der Waals surface area contributed by atoms with Crippen molar-refractivity contribution in [3.05, 3.63) is 23.9 Å². The van der Waals surface area contributed by atoms with Crippen LogP contribution in [0.2, 0.25) is 0 Å². The minimum atomic E-state index is 0.633. The fraction of sp³-hybridized carbons (Fsp3) is 0.667. The van der Waals surface area contributed by atoms with E-state index in [1.807, 2.05) is 20.0 Å². The molecule has 3 rings (SSSR count). The predicted octanol–water partition coefficient (Wildman–Crippen LogP) is 2.68. The van der Waals surface area contributed by atoms with E-state index in [0.29, 0.717) is 19.0 Å². The van der Waals surface area contributed by atoms with Crippen LogP contribution in [0.4, 0.5) is 0 Å². The van der Waals surface area contributed by atoms with Gasteiger partial charge in [-0.3, -0.25) is 4.99 Å². The van der Waals surface area contributed by atoms with Gasteiger partial charge in [0.05, 0.1) is 6.61 Å². The van der Waals surface area contributed by atoms with Crippen LogP contribution in [-0.4, -0.2) is 42.6 Å². The molecule has 2 aliphatic rings. The van der Waals surface area contributed by atoms with Gasteiger partial charge in [0.15, 0.2) is 5.96 Å². The second kappa shape index (κ2) is 7.66. The van der Waals surface area contributed by atoms with E-state index in [1.54, 1.807) is 6.20 Å². The van der Waals surface area contributed by atoms with Crippen LogP contribution in [0.25, 0.3) is 0 Å². The van der Waals surface area contributed by atoms with E-state index >= 15 is 0 Å². The third kappa shape index (κ3) is 3.77. The summed E-state index contributed by atoms with van der Waals surface area (Å²) in [4.78, 5) is 11.2. The van der Waals surface area contributed by atoms with Crippen molar-refractivity contribution in [1.29, 1.82) is 0 Å². The molecule has 0 bridgehead atoms. The van der Waals surface area contributed by atoms with E-state index in [2.05, 4.69) is 26.3 Å². The molecular weight excluding hydrogens is 288 g/mol. The number of fused-ring (bicyclic) bond motifs is 1. The number of aromatic nitrogens is 1. The lowest BCUT2D eigenvalue weighted by Crippen LogP contribution is -2.40. The van der Waals surface area contributed by atoms with E-state index in [4.69, 9.17) is 4.74 Å². The van der Waals surface area contributed by atoms with E-state index in [-0.39, 0.29) is 0 Å². The van der Waals surface area contributed by atoms with Crippen LogP contribution in [0, 0.1) is 11.8 Å². The number of aliphatic imine (C=N–C) groups is 1. The van der Waals surface area contributed by atoms with Crippen LogP contribution in [0.3, 0.4) is 0 Å². The Kier molecular flexibility index (Phi) is 5.36. The molecule has 126 valence electrons. The number of hydrogen-bond donors (Lipinski definition) is 1. The van der Waals surface area contributed by atoms with Gasteiger partial charge in [-0.15, -0.1) is 0 Å². The first-order valence-corrected chi connectivity index (χ1v) is 8.84. The summed E-state index contributed by atoms with van der Waals surface area (Å²) in [5.41, 5.74) is 1.08. The smallest absolute Gasteiger partial charge is 0.218 e. The Morgan fingerprint density at radius 1 is 1.35 bits per heavy atom. The first-order chi connectivity index (χ1) is 11.3. The second-order valence-corrected chi connectivity index (χ2v) is 6.51. The zero-order valence-corrected chi connectivity index (χ0v) is 14.3. The molecule has 0 aromatic carbocycles. The molecule has 5 heteroatoms. The van der Waals surface area contributed by atoms with Gasteiger partial charge in [0.25, 0.3) is 0 Å². The van der Waals surface area contributed by atoms with Gasteiger partial charge < -0.3 is 15.0 Å². The molecule has 0 spiro atoms. The van der Waals surface area contributed by atoms with Gasteiger partial charge >= 0.3 is 0 Å². The van der Waals surface area contributed by atoms with Crippen LogP contribution in [0.5, 0.6) is 5.88 Å². The lowest BCUT2D eigenvalue weighted by atomic mass is 9.82. The average molecular weight is 316 g/mol. The molecule has 23 heavy (non-hydrogen) atoms. The van der Waals surface area contributed by atoms with Crippen LogP contribution in [0.15, 0.2) is 23.3 Å². The standard InChI is InChI=1S/C18H28N4O/c1-3-23-17-14(9-6-10-20-17)11-21-18(19-2)22-12-15-7-4-5-8-16(15)13-22/h6,9-10,15-16H,3-5,7-8,11-13H2,1-2H3,(H,19,21). The predicted molar refractivity (Wildman–Crippen MR) is 92.6 cm³/mol. The third-order valence-corrected chi connectivity index (χ3v) is 5.06. The van der Waals surface area contributed by atoms with Crippen molar-refractivity contribution >= 4 is 5.96 Å². The zero-order chi connectivity index (χ0) is 16.1. The molecule has 1 aliphatic carbocycles. The number of pyridine rings is 1. The lowest BCUT2D eigenvalue weighted by Gasteiger charge is -2.22. The molecule has 1 aliphatic heterocycles. The maximum atomic E-state index is 5.60. The molecular formula is C18H28N4O. The van der Waals surface area contributed by atoms with E-state index in [9.17, 15) is 0 Å².